The van der Waals surface area contributed by atoms with E-state index in [2.05, 4.69) is 17.6 Å². The summed E-state index contributed by atoms with van der Waals surface area (Å²) in [5.74, 6) is -0.419. The number of hydrogen-bond acceptors (Lipinski definition) is 7. The second-order valence-electron chi connectivity index (χ2n) is 13.6. The minimum Gasteiger partial charge on any atom is -0.494 e. The van der Waals surface area contributed by atoms with Gasteiger partial charge in [0.1, 0.15) is 23.1 Å². The molecule has 0 radical (unpaired) electrons. The normalized spacial score (nSPS) is 13.7. The molecule has 1 aliphatic rings. The highest BCUT2D eigenvalue weighted by Gasteiger charge is 2.28. The molecule has 2 amide bonds. The lowest BCUT2D eigenvalue weighted by Crippen LogP contribution is -2.45. The molecule has 262 valence electrons. The molecule has 0 aliphatic heterocycles. The highest BCUT2D eigenvalue weighted by Crippen LogP contribution is 2.26. The monoisotopic (exact) mass is 670 g/mol. The molecular weight excluding hydrogens is 620 g/mol. The highest BCUT2D eigenvalue weighted by molar-refractivity contribution is 5.98. The van der Waals surface area contributed by atoms with Crippen molar-refractivity contribution in [2.24, 2.45) is 5.92 Å². The Bertz CT molecular complexity index is 1520. The fourth-order valence-electron chi connectivity index (χ4n) is 5.62. The number of anilines is 1. The third-order valence-electron chi connectivity index (χ3n) is 8.32. The molecule has 1 fully saturated rings. The van der Waals surface area contributed by atoms with E-state index in [9.17, 15) is 19.2 Å². The van der Waals surface area contributed by atoms with Gasteiger partial charge in [-0.2, -0.15) is 0 Å². The molecule has 49 heavy (non-hydrogen) atoms. The highest BCUT2D eigenvalue weighted by atomic mass is 16.6. The topological polar surface area (TPSA) is 120 Å². The van der Waals surface area contributed by atoms with Crippen LogP contribution < -0.4 is 20.1 Å². The number of hydrogen-bond donors (Lipinski definition) is 2. The van der Waals surface area contributed by atoms with E-state index in [1.165, 1.54) is 19.3 Å². The summed E-state index contributed by atoms with van der Waals surface area (Å²) in [6.45, 7) is 8.13. The van der Waals surface area contributed by atoms with Gasteiger partial charge in [0.2, 0.25) is 5.91 Å². The SMILES string of the molecule is CCCCCCCOc1ccc(C(=O)Oc2ccc(C[C@H](NC(=O)c3ccc(NC(=O)C4CCCC4)cc3)C(=O)OC(C)(C)C)cc2)cc1. The predicted octanol–water partition coefficient (Wildman–Crippen LogP) is 8.07. The van der Waals surface area contributed by atoms with Crippen LogP contribution in [0.5, 0.6) is 11.5 Å². The molecule has 0 unspecified atom stereocenters. The summed E-state index contributed by atoms with van der Waals surface area (Å²) < 4.78 is 17.0. The molecule has 1 saturated carbocycles. The Morgan fingerprint density at radius 1 is 0.776 bits per heavy atom. The first-order valence-electron chi connectivity index (χ1n) is 17.5. The van der Waals surface area contributed by atoms with Crippen molar-refractivity contribution in [3.05, 3.63) is 89.5 Å². The van der Waals surface area contributed by atoms with Gasteiger partial charge in [-0.25, -0.2) is 9.59 Å². The van der Waals surface area contributed by atoms with E-state index in [1.54, 1.807) is 93.6 Å². The van der Waals surface area contributed by atoms with Gasteiger partial charge in [-0.15, -0.1) is 0 Å². The van der Waals surface area contributed by atoms with E-state index in [4.69, 9.17) is 14.2 Å². The first-order chi connectivity index (χ1) is 23.5. The summed E-state index contributed by atoms with van der Waals surface area (Å²) in [5, 5.41) is 5.74. The van der Waals surface area contributed by atoms with E-state index in [0.29, 0.717) is 34.9 Å². The van der Waals surface area contributed by atoms with Gasteiger partial charge < -0.3 is 24.8 Å². The molecule has 0 saturated heterocycles. The van der Waals surface area contributed by atoms with Crippen LogP contribution >= 0.6 is 0 Å². The molecule has 0 aromatic heterocycles. The van der Waals surface area contributed by atoms with E-state index < -0.39 is 29.5 Å². The van der Waals surface area contributed by atoms with Crippen LogP contribution in [0.1, 0.15) is 112 Å². The summed E-state index contributed by atoms with van der Waals surface area (Å²) in [6, 6.07) is 19.3. The molecule has 0 spiro atoms. The Hall–Kier alpha value is -4.66. The van der Waals surface area contributed by atoms with Gasteiger partial charge in [-0.05, 0) is 106 Å². The number of esters is 2. The smallest absolute Gasteiger partial charge is 0.343 e. The molecule has 3 aromatic carbocycles. The van der Waals surface area contributed by atoms with Gasteiger partial charge in [0, 0.05) is 23.6 Å². The molecule has 9 heteroatoms. The van der Waals surface area contributed by atoms with Crippen molar-refractivity contribution in [3.63, 3.8) is 0 Å². The van der Waals surface area contributed by atoms with Gasteiger partial charge in [0.15, 0.2) is 0 Å². The molecule has 0 heterocycles. The van der Waals surface area contributed by atoms with Crippen LogP contribution in [0.15, 0.2) is 72.8 Å². The third kappa shape index (κ3) is 12.4. The number of unbranched alkanes of at least 4 members (excludes halogenated alkanes) is 4. The molecule has 1 atom stereocenters. The fraction of sp³-hybridized carbons (Fsp3) is 0.450. The van der Waals surface area contributed by atoms with Crippen LogP contribution in [-0.4, -0.2) is 42.0 Å². The maximum atomic E-state index is 13.2. The average Bonchev–Trinajstić information content (AvgIpc) is 3.62. The van der Waals surface area contributed by atoms with Gasteiger partial charge in [0.05, 0.1) is 12.2 Å². The standard InChI is InChI=1S/C40H50N2O7/c1-5-6-7-8-11-26-47-33-24-18-31(19-25-33)38(45)48-34-22-14-28(15-23-34)27-35(39(46)49-40(2,3)4)42-37(44)30-16-20-32(21-17-30)41-36(43)29-12-9-10-13-29/h14-25,29,35H,5-13,26-27H2,1-4H3,(H,41,43)(H,42,44)/t35-/m0/s1. The zero-order valence-corrected chi connectivity index (χ0v) is 29.2. The predicted molar refractivity (Wildman–Crippen MR) is 190 cm³/mol. The number of carbonyl (C=O) groups excluding carboxylic acids is 4. The van der Waals surface area contributed by atoms with Crippen LogP contribution in [0.3, 0.4) is 0 Å². The van der Waals surface area contributed by atoms with E-state index in [-0.39, 0.29) is 18.2 Å². The van der Waals surface area contributed by atoms with Crippen LogP contribution in [0.4, 0.5) is 5.69 Å². The van der Waals surface area contributed by atoms with Crippen LogP contribution in [0, 0.1) is 5.92 Å². The summed E-state index contributed by atoms with van der Waals surface area (Å²) in [4.78, 5) is 51.6. The molecule has 3 aromatic rings. The first kappa shape index (κ1) is 37.2. The summed E-state index contributed by atoms with van der Waals surface area (Å²) in [5.41, 5.74) is 1.34. The first-order valence-corrected chi connectivity index (χ1v) is 17.5. The minimum atomic E-state index is -0.973. The Morgan fingerprint density at radius 3 is 2.02 bits per heavy atom. The Kier molecular flexibility index (Phi) is 13.8. The van der Waals surface area contributed by atoms with Crippen molar-refractivity contribution >= 4 is 29.4 Å². The Balaban J connectivity index is 1.33. The lowest BCUT2D eigenvalue weighted by molar-refractivity contribution is -0.157. The van der Waals surface area contributed by atoms with Crippen LogP contribution in [0.2, 0.25) is 0 Å². The van der Waals surface area contributed by atoms with Crippen molar-refractivity contribution in [2.45, 2.75) is 104 Å². The van der Waals surface area contributed by atoms with Crippen molar-refractivity contribution in [3.8, 4) is 11.5 Å². The molecule has 0 bridgehead atoms. The third-order valence-corrected chi connectivity index (χ3v) is 8.32. The molecule has 4 rings (SSSR count). The van der Waals surface area contributed by atoms with E-state index in [1.807, 2.05) is 0 Å². The number of rotatable bonds is 16. The van der Waals surface area contributed by atoms with E-state index >= 15 is 0 Å². The second kappa shape index (κ2) is 18.2. The van der Waals surface area contributed by atoms with Crippen LogP contribution in [-0.2, 0) is 20.7 Å². The maximum absolute atomic E-state index is 13.2. The molecule has 2 N–H and O–H groups in total. The molecular formula is C40H50N2O7. The second-order valence-corrected chi connectivity index (χ2v) is 13.6. The van der Waals surface area contributed by atoms with Gasteiger partial charge in [-0.3, -0.25) is 9.59 Å². The number of benzene rings is 3. The number of ether oxygens (including phenoxy) is 3. The van der Waals surface area contributed by atoms with Gasteiger partial charge in [-0.1, -0.05) is 57.6 Å². The fourth-order valence-corrected chi connectivity index (χ4v) is 5.62. The van der Waals surface area contributed by atoms with Crippen molar-refractivity contribution < 1.29 is 33.4 Å². The Labute approximate surface area is 290 Å². The molecule has 1 aliphatic carbocycles. The summed E-state index contributed by atoms with van der Waals surface area (Å²) in [6.07, 6.45) is 9.90. The van der Waals surface area contributed by atoms with Gasteiger partial charge in [0.25, 0.3) is 5.91 Å². The van der Waals surface area contributed by atoms with Gasteiger partial charge >= 0.3 is 11.9 Å². The quantitative estimate of drug-likeness (QED) is 0.0899. The number of amides is 2. The van der Waals surface area contributed by atoms with Crippen LogP contribution in [0.25, 0.3) is 0 Å². The number of carbonyl (C=O) groups is 4. The lowest BCUT2D eigenvalue weighted by atomic mass is 10.0. The zero-order valence-electron chi connectivity index (χ0n) is 29.2. The average molecular weight is 671 g/mol. The maximum Gasteiger partial charge on any atom is 0.343 e. The van der Waals surface area contributed by atoms with Crippen molar-refractivity contribution in [1.82, 2.24) is 5.32 Å². The van der Waals surface area contributed by atoms with Crippen molar-refractivity contribution in [1.29, 1.82) is 0 Å². The minimum absolute atomic E-state index is 0.00307. The van der Waals surface area contributed by atoms with Crippen molar-refractivity contribution in [2.75, 3.05) is 11.9 Å². The lowest BCUT2D eigenvalue weighted by Gasteiger charge is -2.25. The largest absolute Gasteiger partial charge is 0.494 e. The summed E-state index contributed by atoms with van der Waals surface area (Å²) >= 11 is 0. The zero-order chi connectivity index (χ0) is 35.2. The summed E-state index contributed by atoms with van der Waals surface area (Å²) in [7, 11) is 0. The number of nitrogens with one attached hydrogen (secondary N) is 2. The Morgan fingerprint density at radius 2 is 1.39 bits per heavy atom. The van der Waals surface area contributed by atoms with E-state index in [0.717, 1.165) is 44.1 Å². The molecule has 9 nitrogen and oxygen atoms in total.